The van der Waals surface area contributed by atoms with Crippen molar-refractivity contribution in [2.75, 3.05) is 0 Å². The van der Waals surface area contributed by atoms with Crippen LogP contribution in [0, 0.1) is 20.8 Å². The second-order valence-electron chi connectivity index (χ2n) is 3.06. The maximum Gasteiger partial charge on any atom is 0 e. The van der Waals surface area contributed by atoms with E-state index in [1.165, 1.54) is 5.56 Å². The fraction of sp³-hybridized carbons (Fsp3) is 0.300. The summed E-state index contributed by atoms with van der Waals surface area (Å²) in [5.74, 6) is 0. The molecule has 2 radical (unpaired) electrons. The fourth-order valence-electron chi connectivity index (χ4n) is 1.50. The average molecular weight is 472 g/mol. The fourth-order valence-corrected chi connectivity index (χ4v) is 2.42. The summed E-state index contributed by atoms with van der Waals surface area (Å²) >= 11 is 1.54. The maximum atomic E-state index is 11.2. The summed E-state index contributed by atoms with van der Waals surface area (Å²) in [6, 6.07) is 4.09. The zero-order chi connectivity index (χ0) is 9.30. The van der Waals surface area contributed by atoms with E-state index in [1.807, 2.05) is 32.9 Å². The first-order valence-corrected chi connectivity index (χ1v) is 4.98. The van der Waals surface area contributed by atoms with Crippen LogP contribution in [0.4, 0.5) is 0 Å². The first-order valence-electron chi connectivity index (χ1n) is 3.81. The van der Waals surface area contributed by atoms with Crippen molar-refractivity contribution in [2.24, 2.45) is 0 Å². The van der Waals surface area contributed by atoms with Crippen molar-refractivity contribution in [3.8, 4) is 0 Å². The molecule has 0 fully saturated rings. The minimum Gasteiger partial charge on any atom is 0 e. The average Bonchev–Trinajstić information content (AvgIpc) is 1.82. The van der Waals surface area contributed by atoms with E-state index in [0.717, 1.165) is 16.7 Å². The van der Waals surface area contributed by atoms with Crippen LogP contribution < -0.4 is 0 Å². The van der Waals surface area contributed by atoms with Crippen LogP contribution in [0.25, 0.3) is 0 Å². The summed E-state index contributed by atoms with van der Waals surface area (Å²) in [6.45, 7) is 6.02. The van der Waals surface area contributed by atoms with Gasteiger partial charge in [-0.3, -0.25) is 0 Å². The van der Waals surface area contributed by atoms with Gasteiger partial charge in [0.05, 0.1) is 0 Å². The van der Waals surface area contributed by atoms with E-state index < -0.39 is 0 Å². The molecular formula is C10H11AuOTe. The van der Waals surface area contributed by atoms with Crippen molar-refractivity contribution in [1.82, 2.24) is 0 Å². The van der Waals surface area contributed by atoms with E-state index in [1.54, 1.807) is 22.3 Å². The SMILES string of the molecule is Cc1cc(C)c(C(=O)[Te])c(C)c1.[Au]. The number of aryl methyl sites for hydroxylation is 3. The van der Waals surface area contributed by atoms with Crippen molar-refractivity contribution in [3.05, 3.63) is 34.4 Å². The third-order valence-electron chi connectivity index (χ3n) is 1.88. The molecule has 0 aliphatic rings. The van der Waals surface area contributed by atoms with Crippen LogP contribution in [0.1, 0.15) is 27.0 Å². The van der Waals surface area contributed by atoms with Crippen LogP contribution in [0.5, 0.6) is 0 Å². The minimum atomic E-state index is 0. The van der Waals surface area contributed by atoms with Gasteiger partial charge in [-0.25, -0.2) is 0 Å². The van der Waals surface area contributed by atoms with Crippen molar-refractivity contribution in [2.45, 2.75) is 20.8 Å². The number of rotatable bonds is 1. The molecule has 0 heterocycles. The molecule has 0 saturated carbocycles. The summed E-state index contributed by atoms with van der Waals surface area (Å²) in [5, 5.41) is 0. The smallest absolute Gasteiger partial charge is 0 e. The van der Waals surface area contributed by atoms with Gasteiger partial charge in [0.2, 0.25) is 0 Å². The molecule has 74 valence electrons. The van der Waals surface area contributed by atoms with Crippen LogP contribution in [-0.4, -0.2) is 26.1 Å². The Morgan fingerprint density at radius 1 is 1.15 bits per heavy atom. The third-order valence-corrected chi connectivity index (χ3v) is 2.46. The van der Waals surface area contributed by atoms with E-state index in [2.05, 4.69) is 0 Å². The predicted molar refractivity (Wildman–Crippen MR) is 50.7 cm³/mol. The topological polar surface area (TPSA) is 17.1 Å². The Kier molecular flexibility index (Phi) is 5.51. The molecule has 0 aliphatic carbocycles. The molecule has 1 aromatic rings. The standard InChI is InChI=1S/C10H11OTe.Au/c1-6-4-7(2)9(10(11)12)8(3)5-6;/h4-5H,1-3H3;. The van der Waals surface area contributed by atoms with Crippen LogP contribution in [0.15, 0.2) is 12.1 Å². The van der Waals surface area contributed by atoms with Crippen molar-refractivity contribution in [1.29, 1.82) is 0 Å². The second kappa shape index (κ2) is 5.34. The molecule has 1 aromatic carbocycles. The molecule has 13 heavy (non-hydrogen) atoms. The van der Waals surface area contributed by atoms with Gasteiger partial charge in [0.25, 0.3) is 0 Å². The van der Waals surface area contributed by atoms with Gasteiger partial charge in [-0.2, -0.15) is 0 Å². The largest absolute Gasteiger partial charge is 0 e. The molecule has 3 heteroatoms. The molecular weight excluding hydrogens is 461 g/mol. The molecule has 0 bridgehead atoms. The van der Waals surface area contributed by atoms with Gasteiger partial charge in [-0.1, -0.05) is 0 Å². The van der Waals surface area contributed by atoms with Crippen molar-refractivity contribution < 1.29 is 27.2 Å². The molecule has 0 N–H and O–H groups in total. The normalized spacial score (nSPS) is 9.15. The van der Waals surface area contributed by atoms with E-state index in [9.17, 15) is 4.79 Å². The molecule has 1 nitrogen and oxygen atoms in total. The summed E-state index contributed by atoms with van der Waals surface area (Å²) in [5.41, 5.74) is 4.27. The molecule has 0 spiro atoms. The van der Waals surface area contributed by atoms with Crippen LogP contribution >= 0.6 is 0 Å². The molecule has 0 unspecified atom stereocenters. The Bertz CT molecular complexity index is 311. The van der Waals surface area contributed by atoms with Crippen LogP contribution in [0.2, 0.25) is 0 Å². The van der Waals surface area contributed by atoms with Crippen molar-refractivity contribution >= 4 is 26.1 Å². The molecule has 0 atom stereocenters. The number of benzene rings is 1. The molecule has 0 aliphatic heterocycles. The number of carbonyl (C=O) groups is 1. The van der Waals surface area contributed by atoms with Gasteiger partial charge >= 0.3 is 86.1 Å². The number of carbonyl (C=O) groups excluding carboxylic acids is 1. The Balaban J connectivity index is 0.00000144. The van der Waals surface area contributed by atoms with Gasteiger partial charge in [0.1, 0.15) is 0 Å². The van der Waals surface area contributed by atoms with Gasteiger partial charge in [-0.05, 0) is 0 Å². The maximum absolute atomic E-state index is 11.2. The summed E-state index contributed by atoms with van der Waals surface area (Å²) < 4.78 is 0.167. The Hall–Kier alpha value is 0.420. The Morgan fingerprint density at radius 3 is 1.85 bits per heavy atom. The zero-order valence-corrected chi connectivity index (χ0v) is 12.3. The molecule has 0 amide bonds. The summed E-state index contributed by atoms with van der Waals surface area (Å²) in [6.07, 6.45) is 0. The minimum absolute atomic E-state index is 0. The Morgan fingerprint density at radius 2 is 1.54 bits per heavy atom. The van der Waals surface area contributed by atoms with E-state index in [4.69, 9.17) is 0 Å². The first-order chi connectivity index (χ1) is 5.52. The third kappa shape index (κ3) is 3.23. The number of hydrogen-bond donors (Lipinski definition) is 0. The summed E-state index contributed by atoms with van der Waals surface area (Å²) in [4.78, 5) is 11.2. The first kappa shape index (κ1) is 13.4. The van der Waals surface area contributed by atoms with Gasteiger partial charge in [-0.15, -0.1) is 0 Å². The molecule has 1 rings (SSSR count). The Labute approximate surface area is 108 Å². The quantitative estimate of drug-likeness (QED) is 0.572. The van der Waals surface area contributed by atoms with E-state index >= 15 is 0 Å². The monoisotopic (exact) mass is 474 g/mol. The second-order valence-corrected chi connectivity index (χ2v) is 4.12. The number of hydrogen-bond acceptors (Lipinski definition) is 1. The van der Waals surface area contributed by atoms with Gasteiger partial charge in [0, 0.05) is 22.4 Å². The van der Waals surface area contributed by atoms with E-state index in [-0.39, 0.29) is 26.2 Å². The molecule has 0 saturated heterocycles. The molecule has 0 aromatic heterocycles. The zero-order valence-electron chi connectivity index (χ0n) is 7.77. The summed E-state index contributed by atoms with van der Waals surface area (Å²) in [7, 11) is 0. The van der Waals surface area contributed by atoms with Gasteiger partial charge in [0.15, 0.2) is 0 Å². The predicted octanol–water partition coefficient (Wildman–Crippen LogP) is 1.92. The van der Waals surface area contributed by atoms with Crippen LogP contribution in [0.3, 0.4) is 0 Å². The van der Waals surface area contributed by atoms with E-state index in [0.29, 0.717) is 0 Å². The van der Waals surface area contributed by atoms with Crippen LogP contribution in [-0.2, 0) is 22.4 Å². The van der Waals surface area contributed by atoms with Crippen molar-refractivity contribution in [3.63, 3.8) is 0 Å². The van der Waals surface area contributed by atoms with Gasteiger partial charge < -0.3 is 0 Å².